The van der Waals surface area contributed by atoms with E-state index in [2.05, 4.69) is 23.6 Å². The molecule has 0 spiro atoms. The summed E-state index contributed by atoms with van der Waals surface area (Å²) in [5, 5.41) is 0. The zero-order valence-electron chi connectivity index (χ0n) is 13.4. The Bertz CT molecular complexity index is 402. The van der Waals surface area contributed by atoms with Crippen LogP contribution in [0, 0.1) is 0 Å². The minimum Gasteiger partial charge on any atom is -0.469 e. The minimum atomic E-state index is -0.106. The minimum absolute atomic E-state index is 0.106. The summed E-state index contributed by atoms with van der Waals surface area (Å²) in [4.78, 5) is 4.25. The van der Waals surface area contributed by atoms with Crippen LogP contribution in [0.4, 0.5) is 0 Å². The molecule has 0 N–H and O–H groups in total. The molecule has 2 unspecified atom stereocenters. The number of ether oxygens (including phenoxy) is 3. The molecule has 118 valence electrons. The van der Waals surface area contributed by atoms with E-state index in [9.17, 15) is 0 Å². The average molecular weight is 294 g/mol. The molecule has 0 aliphatic carbocycles. The van der Waals surface area contributed by atoms with E-state index in [1.807, 2.05) is 38.4 Å². The molecule has 1 aliphatic heterocycles. The van der Waals surface area contributed by atoms with Gasteiger partial charge in [-0.25, -0.2) is 0 Å². The molecular formula is C16H26N2O3. The van der Waals surface area contributed by atoms with Crippen LogP contribution < -0.4 is 9.47 Å². The number of para-hydroxylation sites is 2. The fraction of sp³-hybridized carbons (Fsp3) is 0.625. The number of fused-ring (bicyclic) bond motifs is 1. The highest BCUT2D eigenvalue weighted by Gasteiger charge is 2.24. The lowest BCUT2D eigenvalue weighted by molar-refractivity contribution is -0.0610. The number of hydrogen-bond donors (Lipinski definition) is 0. The van der Waals surface area contributed by atoms with Crippen LogP contribution in [0.2, 0.25) is 0 Å². The van der Waals surface area contributed by atoms with Crippen LogP contribution in [0.1, 0.15) is 13.8 Å². The van der Waals surface area contributed by atoms with Gasteiger partial charge in [-0.05, 0) is 39.3 Å². The third kappa shape index (κ3) is 4.09. The van der Waals surface area contributed by atoms with Crippen molar-refractivity contribution in [2.45, 2.75) is 26.3 Å². The van der Waals surface area contributed by atoms with Crippen LogP contribution >= 0.6 is 0 Å². The molecule has 21 heavy (non-hydrogen) atoms. The van der Waals surface area contributed by atoms with Crippen molar-refractivity contribution < 1.29 is 14.2 Å². The van der Waals surface area contributed by atoms with Crippen LogP contribution in [0.3, 0.4) is 0 Å². The lowest BCUT2D eigenvalue weighted by atomic mass is 10.3. The first-order valence-corrected chi connectivity index (χ1v) is 7.56. The summed E-state index contributed by atoms with van der Waals surface area (Å²) in [5.74, 6) is 1.53. The van der Waals surface area contributed by atoms with Gasteiger partial charge in [-0.2, -0.15) is 0 Å². The molecule has 1 aromatic rings. The average Bonchev–Trinajstić information content (AvgIpc) is 2.61. The molecule has 1 aromatic carbocycles. The topological polar surface area (TPSA) is 34.2 Å². The van der Waals surface area contributed by atoms with Crippen molar-refractivity contribution in [2.75, 3.05) is 40.4 Å². The van der Waals surface area contributed by atoms with E-state index in [1.165, 1.54) is 0 Å². The molecule has 0 saturated carbocycles. The molecule has 0 aromatic heterocycles. The van der Waals surface area contributed by atoms with E-state index in [1.54, 1.807) is 0 Å². The predicted octanol–water partition coefficient (Wildman–Crippen LogP) is 2.03. The van der Waals surface area contributed by atoms with E-state index in [-0.39, 0.29) is 12.5 Å². The monoisotopic (exact) mass is 294 g/mol. The first-order valence-electron chi connectivity index (χ1n) is 7.56. The maximum atomic E-state index is 6.09. The van der Waals surface area contributed by atoms with Crippen molar-refractivity contribution in [1.82, 2.24) is 9.80 Å². The van der Waals surface area contributed by atoms with Gasteiger partial charge in [-0.15, -0.1) is 0 Å². The second kappa shape index (κ2) is 7.64. The van der Waals surface area contributed by atoms with E-state index < -0.39 is 0 Å². The van der Waals surface area contributed by atoms with Gasteiger partial charge in [0.15, 0.2) is 24.0 Å². The number of benzene rings is 1. The van der Waals surface area contributed by atoms with Gasteiger partial charge in [0.2, 0.25) is 0 Å². The van der Waals surface area contributed by atoms with Crippen molar-refractivity contribution >= 4 is 0 Å². The molecule has 0 radical (unpaired) electrons. The number of hydrogen-bond acceptors (Lipinski definition) is 5. The van der Waals surface area contributed by atoms with Gasteiger partial charge < -0.3 is 14.2 Å². The smallest absolute Gasteiger partial charge is 0.176 e. The zero-order chi connectivity index (χ0) is 15.2. The van der Waals surface area contributed by atoms with Gasteiger partial charge in [0, 0.05) is 0 Å². The Morgan fingerprint density at radius 1 is 0.905 bits per heavy atom. The van der Waals surface area contributed by atoms with E-state index in [4.69, 9.17) is 14.2 Å². The number of nitrogens with zero attached hydrogens (tertiary/aromatic N) is 2. The summed E-state index contributed by atoms with van der Waals surface area (Å²) in [6.45, 7) is 7.05. The van der Waals surface area contributed by atoms with Gasteiger partial charge in [-0.1, -0.05) is 26.0 Å². The number of rotatable bonds is 4. The summed E-state index contributed by atoms with van der Waals surface area (Å²) in [5.41, 5.74) is 0. The normalized spacial score (nSPS) is 22.8. The fourth-order valence-electron chi connectivity index (χ4n) is 2.12. The molecule has 0 fully saturated rings. The van der Waals surface area contributed by atoms with Crippen LogP contribution in [-0.2, 0) is 4.74 Å². The van der Waals surface area contributed by atoms with Gasteiger partial charge in [0.1, 0.15) is 0 Å². The van der Waals surface area contributed by atoms with Gasteiger partial charge in [0.05, 0.1) is 13.2 Å². The SMILES string of the molecule is CCN(C)C1COCC(N(C)CC)Oc2ccccc2O1. The van der Waals surface area contributed by atoms with E-state index in [0.717, 1.165) is 24.6 Å². The summed E-state index contributed by atoms with van der Waals surface area (Å²) in [6, 6.07) is 7.81. The van der Waals surface area contributed by atoms with Crippen LogP contribution in [0.5, 0.6) is 11.5 Å². The van der Waals surface area contributed by atoms with Gasteiger partial charge in [-0.3, -0.25) is 9.80 Å². The summed E-state index contributed by atoms with van der Waals surface area (Å²) < 4.78 is 18.0. The molecule has 2 atom stereocenters. The largest absolute Gasteiger partial charge is 0.469 e. The predicted molar refractivity (Wildman–Crippen MR) is 82.7 cm³/mol. The van der Waals surface area contributed by atoms with Gasteiger partial charge in [0.25, 0.3) is 0 Å². The maximum Gasteiger partial charge on any atom is 0.176 e. The Labute approximate surface area is 127 Å². The molecule has 2 rings (SSSR count). The van der Waals surface area contributed by atoms with E-state index in [0.29, 0.717) is 13.2 Å². The van der Waals surface area contributed by atoms with Crippen molar-refractivity contribution in [3.8, 4) is 11.5 Å². The number of likely N-dealkylation sites (N-methyl/N-ethyl adjacent to an activating group) is 2. The highest BCUT2D eigenvalue weighted by Crippen LogP contribution is 2.30. The van der Waals surface area contributed by atoms with Crippen molar-refractivity contribution in [2.24, 2.45) is 0 Å². The quantitative estimate of drug-likeness (QED) is 0.849. The Hall–Kier alpha value is -1.30. The Balaban J connectivity index is 2.24. The Morgan fingerprint density at radius 3 is 1.71 bits per heavy atom. The first kappa shape index (κ1) is 16.1. The fourth-order valence-corrected chi connectivity index (χ4v) is 2.12. The Kier molecular flexibility index (Phi) is 5.85. The van der Waals surface area contributed by atoms with Crippen LogP contribution in [0.25, 0.3) is 0 Å². The highest BCUT2D eigenvalue weighted by molar-refractivity contribution is 5.39. The Morgan fingerprint density at radius 2 is 1.33 bits per heavy atom. The zero-order valence-corrected chi connectivity index (χ0v) is 13.4. The molecule has 0 bridgehead atoms. The van der Waals surface area contributed by atoms with Crippen molar-refractivity contribution in [3.05, 3.63) is 24.3 Å². The third-order valence-electron chi connectivity index (χ3n) is 3.88. The standard InChI is InChI=1S/C16H26N2O3/c1-5-17(3)15-11-19-12-16(18(4)6-2)21-14-10-8-7-9-13(14)20-15/h7-10,15-16H,5-6,11-12H2,1-4H3. The molecule has 1 heterocycles. The van der Waals surface area contributed by atoms with Crippen molar-refractivity contribution in [1.29, 1.82) is 0 Å². The van der Waals surface area contributed by atoms with Crippen LogP contribution in [0.15, 0.2) is 24.3 Å². The molecule has 5 nitrogen and oxygen atoms in total. The second-order valence-electron chi connectivity index (χ2n) is 5.28. The van der Waals surface area contributed by atoms with E-state index >= 15 is 0 Å². The summed E-state index contributed by atoms with van der Waals surface area (Å²) in [6.07, 6.45) is -0.212. The molecule has 0 amide bonds. The lowest BCUT2D eigenvalue weighted by Crippen LogP contribution is -2.42. The lowest BCUT2D eigenvalue weighted by Gasteiger charge is -2.27. The second-order valence-corrected chi connectivity index (χ2v) is 5.28. The summed E-state index contributed by atoms with van der Waals surface area (Å²) >= 11 is 0. The maximum absolute atomic E-state index is 6.09. The molecule has 5 heteroatoms. The molecule has 0 saturated heterocycles. The molecular weight excluding hydrogens is 268 g/mol. The summed E-state index contributed by atoms with van der Waals surface area (Å²) in [7, 11) is 4.07. The van der Waals surface area contributed by atoms with Crippen molar-refractivity contribution in [3.63, 3.8) is 0 Å². The van der Waals surface area contributed by atoms with Crippen LogP contribution in [-0.4, -0.2) is 62.7 Å². The molecule has 1 aliphatic rings. The third-order valence-corrected chi connectivity index (χ3v) is 3.88. The first-order chi connectivity index (χ1) is 10.2. The van der Waals surface area contributed by atoms with Gasteiger partial charge >= 0.3 is 0 Å². The highest BCUT2D eigenvalue weighted by atomic mass is 16.6.